The third-order valence-corrected chi connectivity index (χ3v) is 8.61. The van der Waals surface area contributed by atoms with Gasteiger partial charge >= 0.3 is 0 Å². The smallest absolute Gasteiger partial charge is 0.264 e. The molecule has 1 aliphatic heterocycles. The van der Waals surface area contributed by atoms with Gasteiger partial charge in [0.15, 0.2) is 11.0 Å². The van der Waals surface area contributed by atoms with E-state index in [2.05, 4.69) is 25.0 Å². The molecule has 1 aliphatic carbocycles. The lowest BCUT2D eigenvalue weighted by atomic mass is 10.0. The second kappa shape index (κ2) is 11.6. The molecule has 3 aromatic rings. The number of hydrogen-bond donors (Lipinski definition) is 2. The van der Waals surface area contributed by atoms with Gasteiger partial charge in [0, 0.05) is 43.2 Å². The number of nitrogens with zero attached hydrogens (tertiary/aromatic N) is 5. The quantitative estimate of drug-likeness (QED) is 0.360. The van der Waals surface area contributed by atoms with Crippen LogP contribution in [0.15, 0.2) is 53.6 Å². The molecule has 216 valence electrons. The molecule has 1 amide bonds. The number of hydrogen-bond acceptors (Lipinski definition) is 8. The summed E-state index contributed by atoms with van der Waals surface area (Å²) in [5.41, 5.74) is 1.89. The van der Waals surface area contributed by atoms with E-state index in [0.29, 0.717) is 47.3 Å². The van der Waals surface area contributed by atoms with E-state index in [4.69, 9.17) is 16.6 Å². The molecule has 1 fully saturated rings. The number of amides is 1. The number of fused-ring (bicyclic) bond motifs is 1. The third kappa shape index (κ3) is 6.30. The van der Waals surface area contributed by atoms with E-state index in [1.807, 2.05) is 18.7 Å². The largest absolute Gasteiger partial charge is 0.365 e. The van der Waals surface area contributed by atoms with Crippen LogP contribution in [0.3, 0.4) is 0 Å². The Kier molecular flexibility index (Phi) is 8.18. The maximum Gasteiger partial charge on any atom is 0.264 e. The number of aromatic nitrogens is 4. The summed E-state index contributed by atoms with van der Waals surface area (Å²) in [5, 5.41) is 3.28. The molecule has 1 saturated heterocycles. The fraction of sp³-hybridized carbons (Fsp3) is 0.370. The fourth-order valence-corrected chi connectivity index (χ4v) is 6.13. The van der Waals surface area contributed by atoms with Gasteiger partial charge in [0.2, 0.25) is 5.91 Å². The van der Waals surface area contributed by atoms with Crippen LogP contribution < -0.4 is 10.0 Å². The summed E-state index contributed by atoms with van der Waals surface area (Å²) in [6.07, 6.45) is 4.14. The highest BCUT2D eigenvalue weighted by molar-refractivity contribution is 7.96. The lowest BCUT2D eigenvalue weighted by Crippen LogP contribution is -2.44. The van der Waals surface area contributed by atoms with E-state index in [1.54, 1.807) is 12.1 Å². The second-order valence-corrected chi connectivity index (χ2v) is 12.2. The van der Waals surface area contributed by atoms with Gasteiger partial charge in [0.05, 0.1) is 16.9 Å². The van der Waals surface area contributed by atoms with Gasteiger partial charge in [0.25, 0.3) is 10.0 Å². The number of piperidine rings is 1. The van der Waals surface area contributed by atoms with E-state index >= 15 is 0 Å². The second-order valence-electron chi connectivity index (χ2n) is 10.2. The minimum atomic E-state index is -4.40. The number of carbonyl (C=O) groups is 1. The Morgan fingerprint density at radius 1 is 1.17 bits per heavy atom. The first-order valence-corrected chi connectivity index (χ1v) is 15.0. The van der Waals surface area contributed by atoms with Crippen molar-refractivity contribution in [2.45, 2.75) is 45.3 Å². The van der Waals surface area contributed by atoms with Crippen molar-refractivity contribution in [2.24, 2.45) is 5.92 Å². The molecular weight excluding hydrogens is 576 g/mol. The van der Waals surface area contributed by atoms with Crippen molar-refractivity contribution in [3.8, 4) is 11.3 Å². The number of likely N-dealkylation sites (tertiary alicyclic amines) is 1. The molecule has 0 bridgehead atoms. The predicted octanol–water partition coefficient (Wildman–Crippen LogP) is 5.02. The van der Waals surface area contributed by atoms with Gasteiger partial charge < -0.3 is 10.2 Å². The summed E-state index contributed by atoms with van der Waals surface area (Å²) in [5.74, 6) is -0.542. The van der Waals surface area contributed by atoms with E-state index in [0.717, 1.165) is 18.9 Å². The molecule has 0 radical (unpaired) electrons. The first kappa shape index (κ1) is 28.8. The average Bonchev–Trinajstić information content (AvgIpc) is 2.94. The van der Waals surface area contributed by atoms with Crippen LogP contribution in [-0.4, -0.2) is 64.5 Å². The molecule has 0 aromatic carbocycles. The number of rotatable bonds is 7. The van der Waals surface area contributed by atoms with Crippen LogP contribution in [0.5, 0.6) is 0 Å². The van der Waals surface area contributed by atoms with E-state index in [1.165, 1.54) is 18.6 Å². The topological polar surface area (TPSA) is 130 Å². The zero-order valence-electron chi connectivity index (χ0n) is 22.3. The van der Waals surface area contributed by atoms with E-state index < -0.39 is 26.9 Å². The van der Waals surface area contributed by atoms with Crippen LogP contribution in [0, 0.1) is 5.92 Å². The minimum absolute atomic E-state index is 0.0439. The van der Waals surface area contributed by atoms with Crippen molar-refractivity contribution >= 4 is 50.1 Å². The van der Waals surface area contributed by atoms with Crippen LogP contribution >= 0.6 is 11.6 Å². The van der Waals surface area contributed by atoms with Crippen molar-refractivity contribution in [3.63, 3.8) is 0 Å². The van der Waals surface area contributed by atoms with Crippen molar-refractivity contribution in [3.05, 3.63) is 58.8 Å². The van der Waals surface area contributed by atoms with Crippen LogP contribution in [0.25, 0.3) is 22.3 Å². The molecule has 4 heterocycles. The maximum absolute atomic E-state index is 14.2. The Hall–Kier alpha value is -3.71. The van der Waals surface area contributed by atoms with Crippen molar-refractivity contribution in [2.75, 3.05) is 23.1 Å². The Morgan fingerprint density at radius 2 is 1.93 bits per heavy atom. The Labute approximate surface area is 241 Å². The molecule has 0 spiro atoms. The summed E-state index contributed by atoms with van der Waals surface area (Å²) in [6, 6.07) is 4.98. The van der Waals surface area contributed by atoms with Crippen LogP contribution in [0.4, 0.5) is 20.3 Å². The van der Waals surface area contributed by atoms with Crippen molar-refractivity contribution in [1.82, 2.24) is 24.8 Å². The van der Waals surface area contributed by atoms with E-state index in [9.17, 15) is 22.0 Å². The van der Waals surface area contributed by atoms with Gasteiger partial charge in [-0.2, -0.15) is 0 Å². The number of sulfonamides is 1. The highest BCUT2D eigenvalue weighted by Gasteiger charge is 2.28. The highest BCUT2D eigenvalue weighted by Crippen LogP contribution is 2.32. The molecule has 2 aliphatic rings. The van der Waals surface area contributed by atoms with Crippen molar-refractivity contribution in [1.29, 1.82) is 0 Å². The third-order valence-electron chi connectivity index (χ3n) is 6.88. The number of alkyl halides is 1. The SMILES string of the molecule is CC(C)C(=O)N1CCC(Nc2ncnc3ccc(-c4cnc(Cl)c(NS(=O)(=O)C5=CCC(F)C=C5F)c4)nc23)CC1. The molecule has 2 N–H and O–H groups in total. The van der Waals surface area contributed by atoms with E-state index in [-0.39, 0.29) is 35.1 Å². The number of nitrogens with one attached hydrogen (secondary N) is 2. The van der Waals surface area contributed by atoms with Crippen LogP contribution in [-0.2, 0) is 14.8 Å². The maximum atomic E-state index is 14.2. The molecule has 1 unspecified atom stereocenters. The minimum Gasteiger partial charge on any atom is -0.365 e. The molecule has 10 nitrogen and oxygen atoms in total. The number of pyridine rings is 2. The Morgan fingerprint density at radius 3 is 2.63 bits per heavy atom. The standard InChI is InChI=1S/C27H28ClF2N7O3S/c1-15(2)27(38)37-9-7-18(8-10-37)34-26-24-21(32-14-33-26)5-4-20(35-24)16-11-22(25(28)31-13-16)36-41(39,40)23-6-3-17(29)12-19(23)30/h4-6,11-15,17-18,36H,3,7-10H2,1-2H3,(H,32,33,34). The summed E-state index contributed by atoms with van der Waals surface area (Å²) in [4.78, 5) is 31.0. The molecule has 14 heteroatoms. The normalized spacial score (nSPS) is 18.3. The van der Waals surface area contributed by atoms with Gasteiger partial charge in [-0.15, -0.1) is 0 Å². The first-order valence-electron chi connectivity index (χ1n) is 13.1. The van der Waals surface area contributed by atoms with Crippen LogP contribution in [0.1, 0.15) is 33.1 Å². The zero-order chi connectivity index (χ0) is 29.3. The van der Waals surface area contributed by atoms with Crippen LogP contribution in [0.2, 0.25) is 5.15 Å². The molecular formula is C27H28ClF2N7O3S. The Balaban J connectivity index is 1.38. The Bertz CT molecular complexity index is 1660. The van der Waals surface area contributed by atoms with Gasteiger partial charge in [-0.1, -0.05) is 31.5 Å². The first-order chi connectivity index (χ1) is 19.5. The molecule has 3 aromatic heterocycles. The number of allylic oxidation sites excluding steroid dienone is 3. The molecule has 41 heavy (non-hydrogen) atoms. The lowest BCUT2D eigenvalue weighted by molar-refractivity contribution is -0.135. The zero-order valence-corrected chi connectivity index (χ0v) is 23.9. The number of carbonyl (C=O) groups excluding carboxylic acids is 1. The lowest BCUT2D eigenvalue weighted by Gasteiger charge is -2.33. The summed E-state index contributed by atoms with van der Waals surface area (Å²) in [6.45, 7) is 5.09. The summed E-state index contributed by atoms with van der Waals surface area (Å²) >= 11 is 6.16. The number of halogens is 3. The van der Waals surface area contributed by atoms with Crippen molar-refractivity contribution < 1.29 is 22.0 Å². The monoisotopic (exact) mass is 603 g/mol. The highest BCUT2D eigenvalue weighted by atomic mass is 35.5. The predicted molar refractivity (Wildman–Crippen MR) is 153 cm³/mol. The molecule has 5 rings (SSSR count). The molecule has 1 atom stereocenters. The fourth-order valence-electron chi connectivity index (χ4n) is 4.73. The van der Waals surface area contributed by atoms with Gasteiger partial charge in [-0.3, -0.25) is 9.52 Å². The number of anilines is 2. The average molecular weight is 604 g/mol. The molecule has 0 saturated carbocycles. The van der Waals surface area contributed by atoms with Gasteiger partial charge in [-0.05, 0) is 37.1 Å². The summed E-state index contributed by atoms with van der Waals surface area (Å²) < 4.78 is 55.6. The van der Waals surface area contributed by atoms with Gasteiger partial charge in [0.1, 0.15) is 28.7 Å². The van der Waals surface area contributed by atoms with Gasteiger partial charge in [-0.25, -0.2) is 37.1 Å². The summed E-state index contributed by atoms with van der Waals surface area (Å²) in [7, 11) is -4.40.